The lowest BCUT2D eigenvalue weighted by Crippen LogP contribution is -2.52. The minimum absolute atomic E-state index is 0. The lowest BCUT2D eigenvalue weighted by molar-refractivity contribution is -0.135. The molecule has 1 amide bonds. The van der Waals surface area contributed by atoms with Gasteiger partial charge in [0, 0.05) is 31.9 Å². The number of hydrogen-bond donors (Lipinski definition) is 1. The number of carbonyl (C=O) groups is 1. The van der Waals surface area contributed by atoms with Gasteiger partial charge in [-0.25, -0.2) is 4.39 Å². The number of likely N-dealkylation sites (N-methyl/N-ethyl adjacent to an activating group) is 1. The minimum atomic E-state index is -0.200. The normalized spacial score (nSPS) is 21.0. The summed E-state index contributed by atoms with van der Waals surface area (Å²) in [6, 6.07) is 6.98. The van der Waals surface area contributed by atoms with Gasteiger partial charge in [0.25, 0.3) is 0 Å². The fourth-order valence-corrected chi connectivity index (χ4v) is 3.65. The number of halogens is 3. The van der Waals surface area contributed by atoms with Crippen LogP contribution in [0.3, 0.4) is 0 Å². The van der Waals surface area contributed by atoms with Crippen molar-refractivity contribution >= 4 is 36.4 Å². The van der Waals surface area contributed by atoms with Gasteiger partial charge in [-0.15, -0.1) is 24.8 Å². The van der Waals surface area contributed by atoms with Crippen LogP contribution >= 0.6 is 24.8 Å². The molecule has 1 aromatic rings. The molecular formula is C18H28Cl2FN3O. The fourth-order valence-electron chi connectivity index (χ4n) is 3.65. The van der Waals surface area contributed by atoms with E-state index in [1.807, 2.05) is 24.1 Å². The lowest BCUT2D eigenvalue weighted by atomic mass is 9.99. The summed E-state index contributed by atoms with van der Waals surface area (Å²) in [5.74, 6) is 0.0406. The van der Waals surface area contributed by atoms with Crippen molar-refractivity contribution in [3.63, 3.8) is 0 Å². The van der Waals surface area contributed by atoms with Gasteiger partial charge >= 0.3 is 0 Å². The van der Waals surface area contributed by atoms with E-state index >= 15 is 0 Å². The molecule has 0 saturated carbocycles. The average molecular weight is 392 g/mol. The standard InChI is InChI=1S/C18H26FN3O.2ClH/c1-21(18(23)17-4-2-3-11-20-17)15-9-12-22(13-10-15)16-7-5-14(19)6-8-16;;/h5-8,15,17,20H,2-4,9-13H2,1H3;2*1H. The molecule has 0 aliphatic carbocycles. The van der Waals surface area contributed by atoms with Crippen LogP contribution in [-0.2, 0) is 4.79 Å². The first-order valence-corrected chi connectivity index (χ1v) is 8.66. The lowest BCUT2D eigenvalue weighted by Gasteiger charge is -2.39. The van der Waals surface area contributed by atoms with Crippen molar-refractivity contribution in [1.29, 1.82) is 0 Å². The Labute approximate surface area is 162 Å². The number of hydrogen-bond acceptors (Lipinski definition) is 3. The third-order valence-corrected chi connectivity index (χ3v) is 5.16. The van der Waals surface area contributed by atoms with Crippen molar-refractivity contribution < 1.29 is 9.18 Å². The molecule has 2 aliphatic rings. The van der Waals surface area contributed by atoms with Crippen molar-refractivity contribution in [3.8, 4) is 0 Å². The fraction of sp³-hybridized carbons (Fsp3) is 0.611. The monoisotopic (exact) mass is 391 g/mol. The Morgan fingerprint density at radius 3 is 2.32 bits per heavy atom. The summed E-state index contributed by atoms with van der Waals surface area (Å²) in [6.07, 6.45) is 5.19. The van der Waals surface area contributed by atoms with Crippen molar-refractivity contribution in [2.24, 2.45) is 0 Å². The first-order chi connectivity index (χ1) is 11.1. The Hall–Kier alpha value is -1.04. The molecule has 2 heterocycles. The van der Waals surface area contributed by atoms with Gasteiger partial charge in [-0.3, -0.25) is 4.79 Å². The molecule has 1 atom stereocenters. The third-order valence-electron chi connectivity index (χ3n) is 5.16. The van der Waals surface area contributed by atoms with Crippen molar-refractivity contribution in [2.45, 2.75) is 44.2 Å². The van der Waals surface area contributed by atoms with E-state index in [9.17, 15) is 9.18 Å². The largest absolute Gasteiger partial charge is 0.371 e. The van der Waals surface area contributed by atoms with Crippen LogP contribution in [0, 0.1) is 5.82 Å². The zero-order valence-corrected chi connectivity index (χ0v) is 16.3. The topological polar surface area (TPSA) is 35.6 Å². The van der Waals surface area contributed by atoms with Crippen LogP contribution in [0.1, 0.15) is 32.1 Å². The quantitative estimate of drug-likeness (QED) is 0.858. The average Bonchev–Trinajstić information content (AvgIpc) is 2.62. The molecule has 0 radical (unpaired) electrons. The zero-order valence-electron chi connectivity index (χ0n) is 14.6. The molecule has 0 spiro atoms. The maximum Gasteiger partial charge on any atom is 0.239 e. The Morgan fingerprint density at radius 2 is 1.76 bits per heavy atom. The maximum atomic E-state index is 13.0. The van der Waals surface area contributed by atoms with E-state index in [0.29, 0.717) is 6.04 Å². The number of anilines is 1. The van der Waals surface area contributed by atoms with E-state index in [4.69, 9.17) is 0 Å². The van der Waals surface area contributed by atoms with Crippen molar-refractivity contribution in [3.05, 3.63) is 30.1 Å². The predicted octanol–water partition coefficient (Wildman–Crippen LogP) is 3.24. The molecule has 4 nitrogen and oxygen atoms in total. The molecule has 1 unspecified atom stereocenters. The number of rotatable bonds is 3. The third kappa shape index (κ3) is 5.47. The summed E-state index contributed by atoms with van der Waals surface area (Å²) in [5, 5.41) is 3.34. The van der Waals surface area contributed by atoms with Gasteiger partial charge in [0.05, 0.1) is 6.04 Å². The van der Waals surface area contributed by atoms with Crippen LogP contribution in [-0.4, -0.2) is 49.6 Å². The van der Waals surface area contributed by atoms with Gasteiger partial charge in [-0.1, -0.05) is 6.42 Å². The van der Waals surface area contributed by atoms with E-state index < -0.39 is 0 Å². The number of piperidine rings is 2. The predicted molar refractivity (Wildman–Crippen MR) is 105 cm³/mol. The molecule has 0 bridgehead atoms. The summed E-state index contributed by atoms with van der Waals surface area (Å²) in [6.45, 7) is 2.77. The summed E-state index contributed by atoms with van der Waals surface area (Å²) < 4.78 is 13.0. The van der Waals surface area contributed by atoms with Gasteiger partial charge < -0.3 is 15.1 Å². The molecule has 2 aliphatic heterocycles. The first kappa shape index (κ1) is 22.0. The van der Waals surface area contributed by atoms with E-state index in [-0.39, 0.29) is 42.6 Å². The maximum absolute atomic E-state index is 13.0. The molecule has 25 heavy (non-hydrogen) atoms. The number of nitrogens with one attached hydrogen (secondary N) is 1. The Morgan fingerprint density at radius 1 is 1.12 bits per heavy atom. The number of amides is 1. The second kappa shape index (κ2) is 10.2. The van der Waals surface area contributed by atoms with E-state index in [0.717, 1.165) is 51.0 Å². The second-order valence-corrected chi connectivity index (χ2v) is 6.65. The van der Waals surface area contributed by atoms with Crippen LogP contribution < -0.4 is 10.2 Å². The highest BCUT2D eigenvalue weighted by Crippen LogP contribution is 2.23. The van der Waals surface area contributed by atoms with E-state index in [1.165, 1.54) is 18.6 Å². The second-order valence-electron chi connectivity index (χ2n) is 6.65. The number of nitrogens with zero attached hydrogens (tertiary/aromatic N) is 2. The van der Waals surface area contributed by atoms with Crippen LogP contribution in [0.25, 0.3) is 0 Å². The SMILES string of the molecule is CN(C(=O)C1CCCCN1)C1CCN(c2ccc(F)cc2)CC1.Cl.Cl. The van der Waals surface area contributed by atoms with Gasteiger partial charge in [0.2, 0.25) is 5.91 Å². The Kier molecular flexibility index (Phi) is 8.97. The Balaban J connectivity index is 0.00000156. The molecule has 1 N–H and O–H groups in total. The van der Waals surface area contributed by atoms with Crippen LogP contribution in [0.4, 0.5) is 10.1 Å². The molecule has 3 rings (SSSR count). The molecule has 7 heteroatoms. The summed E-state index contributed by atoms with van der Waals surface area (Å²) in [7, 11) is 1.94. The smallest absolute Gasteiger partial charge is 0.239 e. The Bertz CT molecular complexity index is 530. The number of benzene rings is 1. The summed E-state index contributed by atoms with van der Waals surface area (Å²) >= 11 is 0. The highest BCUT2D eigenvalue weighted by Gasteiger charge is 2.30. The van der Waals surface area contributed by atoms with Crippen LogP contribution in [0.15, 0.2) is 24.3 Å². The highest BCUT2D eigenvalue weighted by atomic mass is 35.5. The zero-order chi connectivity index (χ0) is 16.2. The minimum Gasteiger partial charge on any atom is -0.371 e. The van der Waals surface area contributed by atoms with Gasteiger partial charge in [0.15, 0.2) is 0 Å². The summed E-state index contributed by atoms with van der Waals surface area (Å²) in [5.41, 5.74) is 1.06. The molecule has 1 aromatic carbocycles. The number of carbonyl (C=O) groups excluding carboxylic acids is 1. The van der Waals surface area contributed by atoms with Gasteiger partial charge in [0.1, 0.15) is 5.82 Å². The summed E-state index contributed by atoms with van der Waals surface area (Å²) in [4.78, 5) is 16.8. The first-order valence-electron chi connectivity index (χ1n) is 8.66. The molecule has 2 saturated heterocycles. The van der Waals surface area contributed by atoms with Crippen LogP contribution in [0.2, 0.25) is 0 Å². The van der Waals surface area contributed by atoms with Gasteiger partial charge in [-0.05, 0) is 56.5 Å². The van der Waals surface area contributed by atoms with Crippen molar-refractivity contribution in [2.75, 3.05) is 31.6 Å². The molecule has 2 fully saturated rings. The van der Waals surface area contributed by atoms with E-state index in [2.05, 4.69) is 10.2 Å². The molecule has 142 valence electrons. The highest BCUT2D eigenvalue weighted by molar-refractivity contribution is 5.85. The van der Waals surface area contributed by atoms with Crippen molar-refractivity contribution in [1.82, 2.24) is 10.2 Å². The van der Waals surface area contributed by atoms with Gasteiger partial charge in [-0.2, -0.15) is 0 Å². The molecular weight excluding hydrogens is 364 g/mol. The van der Waals surface area contributed by atoms with Crippen LogP contribution in [0.5, 0.6) is 0 Å². The van der Waals surface area contributed by atoms with E-state index in [1.54, 1.807) is 0 Å². The molecule has 0 aromatic heterocycles.